The van der Waals surface area contributed by atoms with Crippen LogP contribution in [0.1, 0.15) is 56.5 Å². The smallest absolute Gasteiger partial charge is 0.251 e. The summed E-state index contributed by atoms with van der Waals surface area (Å²) in [5, 5.41) is 3.25. The van der Waals surface area contributed by atoms with Crippen LogP contribution in [0.5, 0.6) is 0 Å². The molecule has 3 aliphatic rings. The van der Waals surface area contributed by atoms with Crippen LogP contribution < -0.4 is 10.2 Å². The summed E-state index contributed by atoms with van der Waals surface area (Å²) in [5.74, 6) is 0.634. The lowest BCUT2D eigenvalue weighted by Crippen LogP contribution is -2.40. The molecule has 146 valence electrons. The quantitative estimate of drug-likeness (QED) is 0.891. The molecule has 27 heavy (non-hydrogen) atoms. The Hall–Kier alpha value is -1.88. The Labute approximate surface area is 162 Å². The summed E-state index contributed by atoms with van der Waals surface area (Å²) in [7, 11) is 0. The molecule has 0 aromatic heterocycles. The van der Waals surface area contributed by atoms with E-state index in [-0.39, 0.29) is 17.9 Å². The van der Waals surface area contributed by atoms with Crippen molar-refractivity contribution >= 4 is 17.5 Å². The summed E-state index contributed by atoms with van der Waals surface area (Å²) in [6.45, 7) is 10.8. The molecule has 0 unspecified atom stereocenters. The lowest BCUT2D eigenvalue weighted by Gasteiger charge is -2.26. The number of benzene rings is 1. The summed E-state index contributed by atoms with van der Waals surface area (Å²) in [5.41, 5.74) is 2.36. The van der Waals surface area contributed by atoms with Gasteiger partial charge >= 0.3 is 0 Å². The number of nitrogens with zero attached hydrogens (tertiary/aromatic N) is 2. The molecule has 0 spiro atoms. The molecule has 0 radical (unpaired) electrons. The van der Waals surface area contributed by atoms with Crippen LogP contribution in [0.3, 0.4) is 0 Å². The first-order chi connectivity index (χ1) is 12.7. The SMILES string of the molecule is C[C@@H]1CN(C2CC2)C[C@H]1NC(=O)c1ccc2c(c1)CCN2C(=O)C(C)(C)C. The van der Waals surface area contributed by atoms with Crippen LogP contribution in [0.25, 0.3) is 0 Å². The molecule has 1 aromatic rings. The fourth-order valence-electron chi connectivity index (χ4n) is 4.34. The molecular weight excluding hydrogens is 338 g/mol. The largest absolute Gasteiger partial charge is 0.348 e. The lowest BCUT2D eigenvalue weighted by molar-refractivity contribution is -0.125. The van der Waals surface area contributed by atoms with E-state index in [1.807, 2.05) is 43.9 Å². The van der Waals surface area contributed by atoms with E-state index >= 15 is 0 Å². The van der Waals surface area contributed by atoms with Gasteiger partial charge in [-0.05, 0) is 48.9 Å². The Balaban J connectivity index is 1.45. The number of carbonyl (C=O) groups is 2. The number of hydrogen-bond acceptors (Lipinski definition) is 3. The third kappa shape index (κ3) is 3.62. The minimum atomic E-state index is -0.399. The van der Waals surface area contributed by atoms with E-state index in [4.69, 9.17) is 0 Å². The molecule has 1 N–H and O–H groups in total. The molecule has 1 aromatic carbocycles. The highest BCUT2D eigenvalue weighted by atomic mass is 16.2. The Bertz CT molecular complexity index is 763. The van der Waals surface area contributed by atoms with Crippen LogP contribution in [0, 0.1) is 11.3 Å². The van der Waals surface area contributed by atoms with Crippen molar-refractivity contribution in [1.29, 1.82) is 0 Å². The maximum atomic E-state index is 12.8. The Morgan fingerprint density at radius 3 is 2.56 bits per heavy atom. The van der Waals surface area contributed by atoms with Crippen molar-refractivity contribution in [1.82, 2.24) is 10.2 Å². The molecule has 1 aliphatic carbocycles. The molecular formula is C22H31N3O2. The molecule has 2 fully saturated rings. The standard InChI is InChI=1S/C22H31N3O2/c1-14-12-24(17-6-7-17)13-18(14)23-20(26)16-5-8-19-15(11-16)9-10-25(19)21(27)22(2,3)4/h5,8,11,14,17-18H,6-7,9-10,12-13H2,1-4H3,(H,23,26)/t14-,18-/m1/s1. The van der Waals surface area contributed by atoms with Crippen molar-refractivity contribution in [3.05, 3.63) is 29.3 Å². The molecule has 4 rings (SSSR count). The summed E-state index contributed by atoms with van der Waals surface area (Å²) in [4.78, 5) is 29.8. The van der Waals surface area contributed by atoms with Crippen LogP contribution in [0.4, 0.5) is 5.69 Å². The van der Waals surface area contributed by atoms with Crippen LogP contribution in [-0.4, -0.2) is 48.4 Å². The molecule has 5 heteroatoms. The lowest BCUT2D eigenvalue weighted by atomic mass is 9.94. The Kier molecular flexibility index (Phi) is 4.53. The summed E-state index contributed by atoms with van der Waals surface area (Å²) in [6, 6.07) is 6.75. The van der Waals surface area contributed by atoms with Gasteiger partial charge in [0, 0.05) is 48.4 Å². The van der Waals surface area contributed by atoms with E-state index < -0.39 is 5.41 Å². The second-order valence-corrected chi connectivity index (χ2v) is 9.54. The number of carbonyl (C=O) groups excluding carboxylic acids is 2. The number of likely N-dealkylation sites (tertiary alicyclic amines) is 1. The molecule has 1 saturated heterocycles. The van der Waals surface area contributed by atoms with Crippen molar-refractivity contribution in [2.24, 2.45) is 11.3 Å². The highest BCUT2D eigenvalue weighted by Crippen LogP contribution is 2.33. The molecule has 2 heterocycles. The minimum absolute atomic E-state index is 0.00731. The maximum absolute atomic E-state index is 12.8. The minimum Gasteiger partial charge on any atom is -0.348 e. The van der Waals surface area contributed by atoms with Crippen LogP contribution in [-0.2, 0) is 11.2 Å². The molecule has 2 aliphatic heterocycles. The normalized spacial score (nSPS) is 25.6. The van der Waals surface area contributed by atoms with E-state index in [1.54, 1.807) is 0 Å². The van der Waals surface area contributed by atoms with Gasteiger partial charge in [0.05, 0.1) is 0 Å². The second kappa shape index (κ2) is 6.62. The van der Waals surface area contributed by atoms with E-state index in [0.717, 1.165) is 36.8 Å². The van der Waals surface area contributed by atoms with Crippen molar-refractivity contribution in [2.45, 2.75) is 59.0 Å². The first kappa shape index (κ1) is 18.5. The Morgan fingerprint density at radius 2 is 1.89 bits per heavy atom. The van der Waals surface area contributed by atoms with Crippen LogP contribution >= 0.6 is 0 Å². The van der Waals surface area contributed by atoms with Crippen molar-refractivity contribution in [3.8, 4) is 0 Å². The monoisotopic (exact) mass is 369 g/mol. The van der Waals surface area contributed by atoms with Crippen LogP contribution in [0.2, 0.25) is 0 Å². The van der Waals surface area contributed by atoms with Crippen molar-refractivity contribution < 1.29 is 9.59 Å². The van der Waals surface area contributed by atoms with Gasteiger partial charge in [0.15, 0.2) is 0 Å². The number of nitrogens with one attached hydrogen (secondary N) is 1. The van der Waals surface area contributed by atoms with Gasteiger partial charge in [0.2, 0.25) is 5.91 Å². The fourth-order valence-corrected chi connectivity index (χ4v) is 4.34. The topological polar surface area (TPSA) is 52.7 Å². The first-order valence-corrected chi connectivity index (χ1v) is 10.2. The molecule has 1 saturated carbocycles. The van der Waals surface area contributed by atoms with Gasteiger partial charge in [-0.3, -0.25) is 14.5 Å². The number of anilines is 1. The van der Waals surface area contributed by atoms with Gasteiger partial charge in [-0.2, -0.15) is 0 Å². The zero-order chi connectivity index (χ0) is 19.3. The van der Waals surface area contributed by atoms with Gasteiger partial charge in [-0.25, -0.2) is 0 Å². The number of rotatable bonds is 3. The number of amides is 2. The zero-order valence-electron chi connectivity index (χ0n) is 16.9. The first-order valence-electron chi connectivity index (χ1n) is 10.2. The van der Waals surface area contributed by atoms with E-state index in [0.29, 0.717) is 18.0 Å². The number of hydrogen-bond donors (Lipinski definition) is 1. The van der Waals surface area contributed by atoms with E-state index in [1.165, 1.54) is 12.8 Å². The van der Waals surface area contributed by atoms with Gasteiger partial charge in [0.1, 0.15) is 0 Å². The van der Waals surface area contributed by atoms with E-state index in [2.05, 4.69) is 17.1 Å². The second-order valence-electron chi connectivity index (χ2n) is 9.54. The highest BCUT2D eigenvalue weighted by Gasteiger charge is 2.39. The third-order valence-corrected chi connectivity index (χ3v) is 6.14. The predicted octanol–water partition coefficient (Wildman–Crippen LogP) is 2.83. The van der Waals surface area contributed by atoms with Gasteiger partial charge < -0.3 is 10.2 Å². The maximum Gasteiger partial charge on any atom is 0.251 e. The Morgan fingerprint density at radius 1 is 1.15 bits per heavy atom. The van der Waals surface area contributed by atoms with E-state index in [9.17, 15) is 9.59 Å². The fraction of sp³-hybridized carbons (Fsp3) is 0.636. The van der Waals surface area contributed by atoms with Gasteiger partial charge in [0.25, 0.3) is 5.91 Å². The van der Waals surface area contributed by atoms with Gasteiger partial charge in [-0.1, -0.05) is 27.7 Å². The average Bonchev–Trinajstić information content (AvgIpc) is 3.28. The highest BCUT2D eigenvalue weighted by molar-refractivity contribution is 6.00. The van der Waals surface area contributed by atoms with Crippen LogP contribution in [0.15, 0.2) is 18.2 Å². The molecule has 0 bridgehead atoms. The number of fused-ring (bicyclic) bond motifs is 1. The molecule has 2 atom stereocenters. The average molecular weight is 370 g/mol. The summed E-state index contributed by atoms with van der Waals surface area (Å²) < 4.78 is 0. The predicted molar refractivity (Wildman–Crippen MR) is 107 cm³/mol. The summed E-state index contributed by atoms with van der Waals surface area (Å²) in [6.07, 6.45) is 3.43. The van der Waals surface area contributed by atoms with Crippen molar-refractivity contribution in [3.63, 3.8) is 0 Å². The molecule has 5 nitrogen and oxygen atoms in total. The van der Waals surface area contributed by atoms with Crippen molar-refractivity contribution in [2.75, 3.05) is 24.5 Å². The summed E-state index contributed by atoms with van der Waals surface area (Å²) >= 11 is 0. The van der Waals surface area contributed by atoms with Gasteiger partial charge in [-0.15, -0.1) is 0 Å². The third-order valence-electron chi connectivity index (χ3n) is 6.14. The zero-order valence-corrected chi connectivity index (χ0v) is 16.9. The molecule has 2 amide bonds.